The van der Waals surface area contributed by atoms with Crippen LogP contribution < -0.4 is 11.1 Å². The third-order valence-electron chi connectivity index (χ3n) is 2.92. The number of nitrogens with zero attached hydrogens (tertiary/aromatic N) is 1. The van der Waals surface area contributed by atoms with Crippen LogP contribution >= 0.6 is 15.9 Å². The highest BCUT2D eigenvalue weighted by atomic mass is 79.9. The van der Waals surface area contributed by atoms with Gasteiger partial charge in [0.1, 0.15) is 5.69 Å². The normalized spacial score (nSPS) is 10.5. The zero-order valence-electron chi connectivity index (χ0n) is 10.7. The molecule has 1 aromatic heterocycles. The minimum absolute atomic E-state index is 0.131. The molecule has 0 saturated heterocycles. The van der Waals surface area contributed by atoms with Gasteiger partial charge in [-0.1, -0.05) is 18.2 Å². The fourth-order valence-corrected chi connectivity index (χ4v) is 2.40. The van der Waals surface area contributed by atoms with Crippen LogP contribution in [0.15, 0.2) is 41.0 Å². The summed E-state index contributed by atoms with van der Waals surface area (Å²) in [7, 11) is 0. The molecule has 0 bridgehead atoms. The number of rotatable bonds is 4. The quantitative estimate of drug-likeness (QED) is 0.909. The molecule has 0 aliphatic rings. The highest BCUT2D eigenvalue weighted by molar-refractivity contribution is 9.10. The van der Waals surface area contributed by atoms with E-state index in [1.54, 1.807) is 0 Å². The molecule has 0 unspecified atom stereocenters. The molecule has 0 aliphatic heterocycles. The van der Waals surface area contributed by atoms with Crippen molar-refractivity contribution in [2.45, 2.75) is 20.0 Å². The molecule has 1 heterocycles. The number of nitrogens with one attached hydrogen (secondary N) is 1. The summed E-state index contributed by atoms with van der Waals surface area (Å²) in [4.78, 5) is 12.3. The van der Waals surface area contributed by atoms with Crippen molar-refractivity contribution in [1.82, 2.24) is 4.57 Å². The van der Waals surface area contributed by atoms with Crippen LogP contribution in [0.3, 0.4) is 0 Å². The Bertz CT molecular complexity index is 592. The van der Waals surface area contributed by atoms with E-state index < -0.39 is 0 Å². The van der Waals surface area contributed by atoms with Crippen molar-refractivity contribution in [2.24, 2.45) is 5.73 Å². The number of halogens is 1. The molecule has 19 heavy (non-hydrogen) atoms. The average Bonchev–Trinajstić information content (AvgIpc) is 2.80. The highest BCUT2D eigenvalue weighted by Crippen LogP contribution is 2.19. The van der Waals surface area contributed by atoms with Gasteiger partial charge < -0.3 is 15.6 Å². The first-order valence-electron chi connectivity index (χ1n) is 6.10. The number of anilines is 1. The van der Waals surface area contributed by atoms with Gasteiger partial charge in [0.25, 0.3) is 5.91 Å². The lowest BCUT2D eigenvalue weighted by molar-refractivity contribution is 0.101. The van der Waals surface area contributed by atoms with Crippen LogP contribution in [0.1, 0.15) is 23.0 Å². The number of benzene rings is 1. The predicted molar refractivity (Wildman–Crippen MR) is 80.1 cm³/mol. The van der Waals surface area contributed by atoms with Crippen LogP contribution in [-0.2, 0) is 13.1 Å². The molecule has 5 heteroatoms. The van der Waals surface area contributed by atoms with Gasteiger partial charge in [0.15, 0.2) is 0 Å². The van der Waals surface area contributed by atoms with Crippen LogP contribution in [0.5, 0.6) is 0 Å². The molecule has 0 atom stereocenters. The number of nitrogens with two attached hydrogens (primary N) is 1. The highest BCUT2D eigenvalue weighted by Gasteiger charge is 2.13. The second-order valence-corrected chi connectivity index (χ2v) is 5.06. The third kappa shape index (κ3) is 3.05. The van der Waals surface area contributed by atoms with Crippen LogP contribution in [0, 0.1) is 0 Å². The van der Waals surface area contributed by atoms with Crippen LogP contribution in [0.25, 0.3) is 0 Å². The number of carbonyl (C=O) groups is 1. The van der Waals surface area contributed by atoms with E-state index >= 15 is 0 Å². The summed E-state index contributed by atoms with van der Waals surface area (Å²) in [6.07, 6.45) is 1.89. The van der Waals surface area contributed by atoms with Gasteiger partial charge in [-0.25, -0.2) is 0 Å². The van der Waals surface area contributed by atoms with Gasteiger partial charge in [-0.15, -0.1) is 0 Å². The molecule has 0 saturated carbocycles. The molecular weight excluding hydrogens is 306 g/mol. The van der Waals surface area contributed by atoms with Gasteiger partial charge >= 0.3 is 0 Å². The average molecular weight is 322 g/mol. The second kappa shape index (κ2) is 6.04. The van der Waals surface area contributed by atoms with Crippen LogP contribution in [-0.4, -0.2) is 10.5 Å². The van der Waals surface area contributed by atoms with Crippen molar-refractivity contribution in [3.05, 3.63) is 52.3 Å². The van der Waals surface area contributed by atoms with Crippen molar-refractivity contribution in [1.29, 1.82) is 0 Å². The predicted octanol–water partition coefficient (Wildman–Crippen LogP) is 2.98. The van der Waals surface area contributed by atoms with Gasteiger partial charge in [0.2, 0.25) is 0 Å². The number of amides is 1. The summed E-state index contributed by atoms with van der Waals surface area (Å²) in [5.74, 6) is -0.131. The maximum absolute atomic E-state index is 12.3. The van der Waals surface area contributed by atoms with Crippen molar-refractivity contribution in [3.8, 4) is 0 Å². The maximum atomic E-state index is 12.3. The monoisotopic (exact) mass is 321 g/mol. The fraction of sp³-hybridized carbons (Fsp3) is 0.214. The zero-order chi connectivity index (χ0) is 13.8. The minimum atomic E-state index is -0.131. The SMILES string of the molecule is CCn1cc(Br)cc1C(=O)Nc1ccccc1CN. The smallest absolute Gasteiger partial charge is 0.272 e. The Morgan fingerprint density at radius 2 is 2.16 bits per heavy atom. The fourth-order valence-electron chi connectivity index (χ4n) is 1.93. The molecular formula is C14H16BrN3O. The molecule has 0 spiro atoms. The molecule has 1 aromatic carbocycles. The number of hydrogen-bond acceptors (Lipinski definition) is 2. The number of hydrogen-bond donors (Lipinski definition) is 2. The van der Waals surface area contributed by atoms with Gasteiger partial charge in [-0.3, -0.25) is 4.79 Å². The summed E-state index contributed by atoms with van der Waals surface area (Å²) in [6.45, 7) is 3.14. The molecule has 1 amide bonds. The van der Waals surface area contributed by atoms with Gasteiger partial charge in [0.05, 0.1) is 0 Å². The minimum Gasteiger partial charge on any atom is -0.343 e. The van der Waals surface area contributed by atoms with E-state index in [4.69, 9.17) is 5.73 Å². The van der Waals surface area contributed by atoms with Gasteiger partial charge in [0, 0.05) is 29.4 Å². The summed E-state index contributed by atoms with van der Waals surface area (Å²) in [5, 5.41) is 2.91. The Kier molecular flexibility index (Phi) is 4.39. The first kappa shape index (κ1) is 13.8. The Hall–Kier alpha value is -1.59. The standard InChI is InChI=1S/C14H16BrN3O/c1-2-18-9-11(15)7-13(18)14(19)17-12-6-4-3-5-10(12)8-16/h3-7,9H,2,8,16H2,1H3,(H,17,19). The molecule has 2 rings (SSSR count). The topological polar surface area (TPSA) is 60.0 Å². The largest absolute Gasteiger partial charge is 0.343 e. The number of aryl methyl sites for hydroxylation is 1. The van der Waals surface area contributed by atoms with Crippen molar-refractivity contribution < 1.29 is 4.79 Å². The number of aromatic nitrogens is 1. The van der Waals surface area contributed by atoms with E-state index in [0.717, 1.165) is 22.3 Å². The van der Waals surface area contributed by atoms with Crippen molar-refractivity contribution in [2.75, 3.05) is 5.32 Å². The van der Waals surface area contributed by atoms with E-state index in [9.17, 15) is 4.79 Å². The lowest BCUT2D eigenvalue weighted by Crippen LogP contribution is -2.17. The molecule has 0 radical (unpaired) electrons. The first-order chi connectivity index (χ1) is 9.15. The van der Waals surface area contributed by atoms with E-state index in [-0.39, 0.29) is 5.91 Å². The lowest BCUT2D eigenvalue weighted by Gasteiger charge is -2.10. The van der Waals surface area contributed by atoms with E-state index in [1.807, 2.05) is 48.0 Å². The molecule has 2 aromatic rings. The molecule has 4 nitrogen and oxygen atoms in total. The Morgan fingerprint density at radius 1 is 1.42 bits per heavy atom. The molecule has 0 aliphatic carbocycles. The number of carbonyl (C=O) groups excluding carboxylic acids is 1. The van der Waals surface area contributed by atoms with E-state index in [2.05, 4.69) is 21.2 Å². The van der Waals surface area contributed by atoms with Crippen molar-refractivity contribution >= 4 is 27.5 Å². The van der Waals surface area contributed by atoms with Crippen LogP contribution in [0.4, 0.5) is 5.69 Å². The molecule has 0 fully saturated rings. The van der Waals surface area contributed by atoms with Crippen LogP contribution in [0.2, 0.25) is 0 Å². The lowest BCUT2D eigenvalue weighted by atomic mass is 10.2. The van der Waals surface area contributed by atoms with Gasteiger partial charge in [-0.05, 0) is 40.5 Å². The summed E-state index contributed by atoms with van der Waals surface area (Å²) >= 11 is 3.38. The molecule has 100 valence electrons. The summed E-state index contributed by atoms with van der Waals surface area (Å²) in [5.41, 5.74) is 7.97. The van der Waals surface area contributed by atoms with Crippen molar-refractivity contribution in [3.63, 3.8) is 0 Å². The second-order valence-electron chi connectivity index (χ2n) is 4.14. The summed E-state index contributed by atoms with van der Waals surface area (Å²) < 4.78 is 2.79. The summed E-state index contributed by atoms with van der Waals surface area (Å²) in [6, 6.07) is 9.36. The Morgan fingerprint density at radius 3 is 2.84 bits per heavy atom. The Labute approximate surface area is 120 Å². The first-order valence-corrected chi connectivity index (χ1v) is 6.90. The molecule has 3 N–H and O–H groups in total. The third-order valence-corrected chi connectivity index (χ3v) is 3.36. The zero-order valence-corrected chi connectivity index (χ0v) is 12.3. The maximum Gasteiger partial charge on any atom is 0.272 e. The van der Waals surface area contributed by atoms with E-state index in [1.165, 1.54) is 0 Å². The van der Waals surface area contributed by atoms with Gasteiger partial charge in [-0.2, -0.15) is 0 Å². The Balaban J connectivity index is 2.25. The van der Waals surface area contributed by atoms with E-state index in [0.29, 0.717) is 12.2 Å². The number of para-hydroxylation sites is 1.